The van der Waals surface area contributed by atoms with Crippen LogP contribution in [0.3, 0.4) is 0 Å². The van der Waals surface area contributed by atoms with Crippen LogP contribution in [-0.2, 0) is 11.2 Å². The highest BCUT2D eigenvalue weighted by molar-refractivity contribution is 5.90. The number of aromatic nitrogens is 4. The van der Waals surface area contributed by atoms with Crippen molar-refractivity contribution in [2.75, 3.05) is 25.0 Å². The number of rotatable bonds is 5. The molecule has 1 aromatic carbocycles. The summed E-state index contributed by atoms with van der Waals surface area (Å²) in [6.07, 6.45) is 3.05. The van der Waals surface area contributed by atoms with E-state index in [1.165, 1.54) is 6.07 Å². The number of anilines is 1. The molecule has 8 heteroatoms. The summed E-state index contributed by atoms with van der Waals surface area (Å²) >= 11 is 0. The summed E-state index contributed by atoms with van der Waals surface area (Å²) in [4.78, 5) is 40.7. The van der Waals surface area contributed by atoms with Crippen LogP contribution >= 0.6 is 0 Å². The summed E-state index contributed by atoms with van der Waals surface area (Å²) in [5, 5.41) is 2.69. The fourth-order valence-electron chi connectivity index (χ4n) is 3.85. The lowest BCUT2D eigenvalue weighted by atomic mass is 9.94. The molecule has 0 radical (unpaired) electrons. The lowest BCUT2D eigenvalue weighted by Gasteiger charge is -2.31. The zero-order valence-corrected chi connectivity index (χ0v) is 15.9. The first kappa shape index (κ1) is 18.4. The number of aryl methyl sites for hydroxylation is 1. The lowest BCUT2D eigenvalue weighted by molar-refractivity contribution is -0.117. The molecule has 2 aromatic heterocycles. The quantitative estimate of drug-likeness (QED) is 0.626. The van der Waals surface area contributed by atoms with Gasteiger partial charge in [0.1, 0.15) is 5.82 Å². The molecule has 1 aliphatic heterocycles. The average molecular weight is 380 g/mol. The van der Waals surface area contributed by atoms with Crippen LogP contribution in [0.15, 0.2) is 35.1 Å². The molecule has 1 unspecified atom stereocenters. The van der Waals surface area contributed by atoms with Crippen LogP contribution in [0.5, 0.6) is 0 Å². The molecular weight excluding hydrogens is 356 g/mol. The zero-order chi connectivity index (χ0) is 19.5. The number of aromatic amines is 2. The third kappa shape index (κ3) is 4.45. The van der Waals surface area contributed by atoms with Crippen molar-refractivity contribution in [3.63, 3.8) is 0 Å². The monoisotopic (exact) mass is 380 g/mol. The van der Waals surface area contributed by atoms with Gasteiger partial charge in [-0.2, -0.15) is 0 Å². The Morgan fingerprint density at radius 2 is 2.14 bits per heavy atom. The molecule has 0 bridgehead atoms. The molecule has 1 fully saturated rings. The van der Waals surface area contributed by atoms with E-state index in [0.29, 0.717) is 11.6 Å². The third-order valence-electron chi connectivity index (χ3n) is 5.02. The summed E-state index contributed by atoms with van der Waals surface area (Å²) < 4.78 is 0. The van der Waals surface area contributed by atoms with Gasteiger partial charge in [0, 0.05) is 24.7 Å². The van der Waals surface area contributed by atoms with Crippen molar-refractivity contribution in [3.8, 4) is 0 Å². The van der Waals surface area contributed by atoms with Gasteiger partial charge in [0.2, 0.25) is 11.9 Å². The number of amides is 1. The Morgan fingerprint density at radius 1 is 1.29 bits per heavy atom. The molecule has 3 aromatic rings. The molecule has 1 aliphatic rings. The molecule has 0 saturated carbocycles. The van der Waals surface area contributed by atoms with Crippen molar-refractivity contribution in [3.05, 3.63) is 52.2 Å². The van der Waals surface area contributed by atoms with E-state index in [2.05, 4.69) is 30.2 Å². The van der Waals surface area contributed by atoms with Gasteiger partial charge in [-0.05, 0) is 44.4 Å². The SMILES string of the molecule is Cc1cc(=O)[nH]c(NC(=O)CN2CCCC(Cc3nc4ccccc4[nH]3)C2)n1. The number of para-hydroxylation sites is 2. The van der Waals surface area contributed by atoms with Crippen LogP contribution in [0.2, 0.25) is 0 Å². The number of likely N-dealkylation sites (tertiary alicyclic amines) is 1. The van der Waals surface area contributed by atoms with Crippen molar-refractivity contribution in [1.29, 1.82) is 0 Å². The standard InChI is InChI=1S/C20H24N6O2/c1-13-9-18(27)24-20(21-13)25-19(28)12-26-8-4-5-14(11-26)10-17-22-15-6-2-3-7-16(15)23-17/h2-3,6-7,9,14H,4-5,8,10-12H2,1H3,(H,22,23)(H2,21,24,25,27,28). The summed E-state index contributed by atoms with van der Waals surface area (Å²) in [5.74, 6) is 1.49. The van der Waals surface area contributed by atoms with E-state index in [1.54, 1.807) is 6.92 Å². The summed E-state index contributed by atoms with van der Waals surface area (Å²) in [6, 6.07) is 9.43. The maximum Gasteiger partial charge on any atom is 0.252 e. The maximum absolute atomic E-state index is 12.4. The molecule has 4 rings (SSSR count). The zero-order valence-electron chi connectivity index (χ0n) is 15.9. The van der Waals surface area contributed by atoms with Gasteiger partial charge in [0.15, 0.2) is 0 Å². The van der Waals surface area contributed by atoms with Gasteiger partial charge in [0.05, 0.1) is 17.6 Å². The van der Waals surface area contributed by atoms with Crippen LogP contribution < -0.4 is 10.9 Å². The van der Waals surface area contributed by atoms with Crippen LogP contribution in [-0.4, -0.2) is 50.4 Å². The third-order valence-corrected chi connectivity index (χ3v) is 5.02. The second-order valence-corrected chi connectivity index (χ2v) is 7.43. The number of imidazole rings is 1. The molecule has 3 heterocycles. The summed E-state index contributed by atoms with van der Waals surface area (Å²) in [6.45, 7) is 3.75. The highest BCUT2D eigenvalue weighted by Crippen LogP contribution is 2.21. The first-order valence-corrected chi connectivity index (χ1v) is 9.59. The first-order valence-electron chi connectivity index (χ1n) is 9.59. The second kappa shape index (κ2) is 7.93. The molecule has 3 N–H and O–H groups in total. The normalized spacial score (nSPS) is 17.7. The number of carbonyl (C=O) groups excluding carboxylic acids is 1. The number of hydrogen-bond acceptors (Lipinski definition) is 5. The average Bonchev–Trinajstić information content (AvgIpc) is 3.03. The topological polar surface area (TPSA) is 107 Å². The van der Waals surface area contributed by atoms with Gasteiger partial charge < -0.3 is 4.98 Å². The summed E-state index contributed by atoms with van der Waals surface area (Å²) in [7, 11) is 0. The molecular formula is C20H24N6O2. The minimum Gasteiger partial charge on any atom is -0.342 e. The number of H-pyrrole nitrogens is 2. The van der Waals surface area contributed by atoms with Crippen molar-refractivity contribution < 1.29 is 4.79 Å². The van der Waals surface area contributed by atoms with E-state index in [9.17, 15) is 9.59 Å². The van der Waals surface area contributed by atoms with E-state index >= 15 is 0 Å². The van der Waals surface area contributed by atoms with Crippen LogP contribution in [0.25, 0.3) is 11.0 Å². The van der Waals surface area contributed by atoms with Gasteiger partial charge in [-0.25, -0.2) is 9.97 Å². The molecule has 146 valence electrons. The number of carbonyl (C=O) groups is 1. The second-order valence-electron chi connectivity index (χ2n) is 7.43. The maximum atomic E-state index is 12.4. The van der Waals surface area contributed by atoms with E-state index in [1.807, 2.05) is 24.3 Å². The number of benzene rings is 1. The van der Waals surface area contributed by atoms with E-state index in [4.69, 9.17) is 0 Å². The molecule has 28 heavy (non-hydrogen) atoms. The molecule has 0 aliphatic carbocycles. The van der Waals surface area contributed by atoms with Crippen LogP contribution in [0, 0.1) is 12.8 Å². The Morgan fingerprint density at radius 3 is 2.96 bits per heavy atom. The Kier molecular flexibility index (Phi) is 5.21. The van der Waals surface area contributed by atoms with Crippen LogP contribution in [0.1, 0.15) is 24.4 Å². The van der Waals surface area contributed by atoms with Gasteiger partial charge in [-0.15, -0.1) is 0 Å². The Labute approximate surface area is 162 Å². The molecule has 1 atom stereocenters. The van der Waals surface area contributed by atoms with Crippen molar-refractivity contribution in [2.24, 2.45) is 5.92 Å². The van der Waals surface area contributed by atoms with E-state index in [-0.39, 0.29) is 24.0 Å². The summed E-state index contributed by atoms with van der Waals surface area (Å²) in [5.41, 5.74) is 2.35. The number of nitrogens with one attached hydrogen (secondary N) is 3. The largest absolute Gasteiger partial charge is 0.342 e. The molecule has 1 saturated heterocycles. The van der Waals surface area contributed by atoms with E-state index in [0.717, 1.165) is 49.2 Å². The first-order chi connectivity index (χ1) is 13.5. The minimum atomic E-state index is -0.272. The van der Waals surface area contributed by atoms with Gasteiger partial charge >= 0.3 is 0 Å². The van der Waals surface area contributed by atoms with Crippen molar-refractivity contribution in [1.82, 2.24) is 24.8 Å². The van der Waals surface area contributed by atoms with Crippen molar-refractivity contribution >= 4 is 22.9 Å². The Balaban J connectivity index is 1.34. The molecule has 0 spiro atoms. The molecule has 1 amide bonds. The van der Waals surface area contributed by atoms with Gasteiger partial charge in [-0.1, -0.05) is 12.1 Å². The van der Waals surface area contributed by atoms with Crippen LogP contribution in [0.4, 0.5) is 5.95 Å². The lowest BCUT2D eigenvalue weighted by Crippen LogP contribution is -2.41. The minimum absolute atomic E-state index is 0.168. The number of nitrogens with zero attached hydrogens (tertiary/aromatic N) is 3. The smallest absolute Gasteiger partial charge is 0.252 e. The van der Waals surface area contributed by atoms with E-state index < -0.39 is 0 Å². The highest BCUT2D eigenvalue weighted by Gasteiger charge is 2.23. The number of fused-ring (bicyclic) bond motifs is 1. The van der Waals surface area contributed by atoms with Gasteiger partial charge in [-0.3, -0.25) is 24.8 Å². The van der Waals surface area contributed by atoms with Crippen molar-refractivity contribution in [2.45, 2.75) is 26.2 Å². The Bertz CT molecular complexity index is 1010. The highest BCUT2D eigenvalue weighted by atomic mass is 16.2. The fourth-order valence-corrected chi connectivity index (χ4v) is 3.85. The predicted molar refractivity (Wildman–Crippen MR) is 107 cm³/mol. The number of hydrogen-bond donors (Lipinski definition) is 3. The predicted octanol–water partition coefficient (Wildman–Crippen LogP) is 1.85. The fraction of sp³-hybridized carbons (Fsp3) is 0.400. The number of piperidine rings is 1. The Hall–Kier alpha value is -3.00. The molecule has 8 nitrogen and oxygen atoms in total. The van der Waals surface area contributed by atoms with Gasteiger partial charge in [0.25, 0.3) is 5.56 Å².